The first-order valence-electron chi connectivity index (χ1n) is 8.96. The summed E-state index contributed by atoms with van der Waals surface area (Å²) in [5.41, 5.74) is 2.56. The van der Waals surface area contributed by atoms with Gasteiger partial charge < -0.3 is 9.47 Å². The molecule has 0 radical (unpaired) electrons. The Balaban J connectivity index is 1.46. The molecule has 2 amide bonds. The number of esters is 1. The Morgan fingerprint density at radius 3 is 2.14 bits per heavy atom. The minimum atomic E-state index is -0.405. The fraction of sp³-hybridized carbons (Fsp3) is 0.0870. The van der Waals surface area contributed by atoms with Gasteiger partial charge in [0.2, 0.25) is 0 Å². The molecule has 0 aromatic heterocycles. The summed E-state index contributed by atoms with van der Waals surface area (Å²) < 4.78 is 10.5. The van der Waals surface area contributed by atoms with Gasteiger partial charge in [-0.15, -0.1) is 0 Å². The number of ether oxygens (including phenoxy) is 2. The highest BCUT2D eigenvalue weighted by molar-refractivity contribution is 6.34. The highest BCUT2D eigenvalue weighted by atomic mass is 16.5. The largest absolute Gasteiger partial charge is 0.489 e. The predicted molar refractivity (Wildman–Crippen MR) is 106 cm³/mol. The van der Waals surface area contributed by atoms with Crippen molar-refractivity contribution in [3.8, 4) is 5.75 Å². The standard InChI is InChI=1S/C23H17NO5/c1-28-23(27)16-6-4-5-15(13-16)14-29-18-11-9-17(10-12-18)24-21(25)19-7-2-3-8-20(19)22(24)26/h2-13H,14H2,1H3. The third-order valence-corrected chi connectivity index (χ3v) is 4.64. The van der Waals surface area contributed by atoms with Crippen molar-refractivity contribution in [3.63, 3.8) is 0 Å². The Labute approximate surface area is 167 Å². The quantitative estimate of drug-likeness (QED) is 0.491. The molecule has 0 bridgehead atoms. The highest BCUT2D eigenvalue weighted by Gasteiger charge is 2.36. The zero-order valence-corrected chi connectivity index (χ0v) is 15.6. The Bertz CT molecular complexity index is 1070. The minimum Gasteiger partial charge on any atom is -0.489 e. The first-order valence-corrected chi connectivity index (χ1v) is 8.96. The lowest BCUT2D eigenvalue weighted by Gasteiger charge is -2.14. The lowest BCUT2D eigenvalue weighted by atomic mass is 10.1. The van der Waals surface area contributed by atoms with Gasteiger partial charge in [-0.2, -0.15) is 0 Å². The summed E-state index contributed by atoms with van der Waals surface area (Å²) in [6.07, 6.45) is 0. The molecule has 0 fully saturated rings. The van der Waals surface area contributed by atoms with Crippen LogP contribution in [0.5, 0.6) is 5.75 Å². The van der Waals surface area contributed by atoms with Gasteiger partial charge in [0, 0.05) is 0 Å². The molecule has 0 spiro atoms. The molecule has 1 aliphatic heterocycles. The van der Waals surface area contributed by atoms with Crippen LogP contribution in [0.15, 0.2) is 72.8 Å². The van der Waals surface area contributed by atoms with E-state index in [0.717, 1.165) is 10.5 Å². The molecule has 0 unspecified atom stereocenters. The topological polar surface area (TPSA) is 72.9 Å². The van der Waals surface area contributed by atoms with Gasteiger partial charge in [-0.05, 0) is 54.1 Å². The van der Waals surface area contributed by atoms with Crippen molar-refractivity contribution in [1.82, 2.24) is 0 Å². The van der Waals surface area contributed by atoms with Crippen LogP contribution in [0.25, 0.3) is 0 Å². The van der Waals surface area contributed by atoms with Crippen LogP contribution < -0.4 is 9.64 Å². The molecule has 6 heteroatoms. The zero-order valence-electron chi connectivity index (χ0n) is 15.6. The number of carbonyl (C=O) groups excluding carboxylic acids is 3. The fourth-order valence-corrected chi connectivity index (χ4v) is 3.19. The summed E-state index contributed by atoms with van der Waals surface area (Å²) in [6, 6.07) is 20.5. The first kappa shape index (κ1) is 18.4. The van der Waals surface area contributed by atoms with Crippen LogP contribution in [-0.2, 0) is 11.3 Å². The van der Waals surface area contributed by atoms with Gasteiger partial charge in [-0.3, -0.25) is 9.59 Å². The van der Waals surface area contributed by atoms with Crippen molar-refractivity contribution in [1.29, 1.82) is 0 Å². The van der Waals surface area contributed by atoms with Crippen LogP contribution in [-0.4, -0.2) is 24.9 Å². The Hall–Kier alpha value is -3.93. The van der Waals surface area contributed by atoms with Crippen LogP contribution in [0.3, 0.4) is 0 Å². The summed E-state index contributed by atoms with van der Waals surface area (Å²) in [5, 5.41) is 0. The van der Waals surface area contributed by atoms with Crippen molar-refractivity contribution in [2.75, 3.05) is 12.0 Å². The van der Waals surface area contributed by atoms with E-state index in [1.807, 2.05) is 6.07 Å². The van der Waals surface area contributed by atoms with Gasteiger partial charge in [-0.1, -0.05) is 24.3 Å². The highest BCUT2D eigenvalue weighted by Crippen LogP contribution is 2.29. The number of rotatable bonds is 5. The van der Waals surface area contributed by atoms with E-state index >= 15 is 0 Å². The van der Waals surface area contributed by atoms with Gasteiger partial charge in [0.15, 0.2) is 0 Å². The Morgan fingerprint density at radius 1 is 0.862 bits per heavy atom. The first-order chi connectivity index (χ1) is 14.1. The molecule has 29 heavy (non-hydrogen) atoms. The number of anilines is 1. The van der Waals surface area contributed by atoms with Gasteiger partial charge in [0.25, 0.3) is 11.8 Å². The molecule has 0 saturated heterocycles. The molecule has 6 nitrogen and oxygen atoms in total. The number of benzene rings is 3. The van der Waals surface area contributed by atoms with E-state index in [0.29, 0.717) is 28.1 Å². The molecule has 4 rings (SSSR count). The van der Waals surface area contributed by atoms with Gasteiger partial charge in [0.1, 0.15) is 12.4 Å². The molecular weight excluding hydrogens is 370 g/mol. The normalized spacial score (nSPS) is 12.7. The van der Waals surface area contributed by atoms with E-state index in [2.05, 4.69) is 0 Å². The monoisotopic (exact) mass is 387 g/mol. The second-order valence-corrected chi connectivity index (χ2v) is 6.47. The van der Waals surface area contributed by atoms with Crippen molar-refractivity contribution in [2.45, 2.75) is 6.61 Å². The number of imide groups is 1. The molecule has 1 heterocycles. The smallest absolute Gasteiger partial charge is 0.337 e. The Kier molecular flexibility index (Phi) is 4.83. The summed E-state index contributed by atoms with van der Waals surface area (Å²) in [5.74, 6) is -0.497. The fourth-order valence-electron chi connectivity index (χ4n) is 3.19. The number of nitrogens with zero attached hydrogens (tertiary/aromatic N) is 1. The number of carbonyl (C=O) groups is 3. The van der Waals surface area contributed by atoms with Crippen molar-refractivity contribution in [3.05, 3.63) is 95.1 Å². The average Bonchev–Trinajstić information content (AvgIpc) is 3.03. The molecule has 3 aromatic carbocycles. The number of fused-ring (bicyclic) bond motifs is 1. The summed E-state index contributed by atoms with van der Waals surface area (Å²) in [7, 11) is 1.33. The van der Waals surface area contributed by atoms with E-state index in [9.17, 15) is 14.4 Å². The predicted octanol–water partition coefficient (Wildman–Crippen LogP) is 3.85. The number of hydrogen-bond acceptors (Lipinski definition) is 5. The molecule has 1 aliphatic rings. The van der Waals surface area contributed by atoms with E-state index < -0.39 is 5.97 Å². The maximum absolute atomic E-state index is 12.6. The van der Waals surface area contributed by atoms with Crippen LogP contribution >= 0.6 is 0 Å². The van der Waals surface area contributed by atoms with Crippen molar-refractivity contribution >= 4 is 23.5 Å². The molecule has 3 aromatic rings. The van der Waals surface area contributed by atoms with Crippen LogP contribution in [0.1, 0.15) is 36.6 Å². The lowest BCUT2D eigenvalue weighted by Crippen LogP contribution is -2.29. The summed E-state index contributed by atoms with van der Waals surface area (Å²) in [4.78, 5) is 37.9. The molecule has 0 aliphatic carbocycles. The van der Waals surface area contributed by atoms with Gasteiger partial charge in [0.05, 0.1) is 29.5 Å². The van der Waals surface area contributed by atoms with Gasteiger partial charge in [-0.25, -0.2) is 9.69 Å². The SMILES string of the molecule is COC(=O)c1cccc(COc2ccc(N3C(=O)c4ccccc4C3=O)cc2)c1. The van der Waals surface area contributed by atoms with E-state index in [-0.39, 0.29) is 18.4 Å². The van der Waals surface area contributed by atoms with E-state index in [4.69, 9.17) is 9.47 Å². The van der Waals surface area contributed by atoms with E-state index in [1.165, 1.54) is 7.11 Å². The maximum Gasteiger partial charge on any atom is 0.337 e. The minimum absolute atomic E-state index is 0.261. The third-order valence-electron chi connectivity index (χ3n) is 4.64. The van der Waals surface area contributed by atoms with Crippen LogP contribution in [0.2, 0.25) is 0 Å². The molecule has 0 atom stereocenters. The van der Waals surface area contributed by atoms with Crippen LogP contribution in [0, 0.1) is 0 Å². The third kappa shape index (κ3) is 3.48. The van der Waals surface area contributed by atoms with E-state index in [1.54, 1.807) is 66.7 Å². The Morgan fingerprint density at radius 2 is 1.52 bits per heavy atom. The summed E-state index contributed by atoms with van der Waals surface area (Å²) in [6.45, 7) is 0.261. The molecular formula is C23H17NO5. The number of amides is 2. The molecule has 0 saturated carbocycles. The average molecular weight is 387 g/mol. The zero-order chi connectivity index (χ0) is 20.4. The number of hydrogen-bond donors (Lipinski definition) is 0. The summed E-state index contributed by atoms with van der Waals surface area (Å²) >= 11 is 0. The van der Waals surface area contributed by atoms with Crippen molar-refractivity contribution < 1.29 is 23.9 Å². The second kappa shape index (κ2) is 7.59. The van der Waals surface area contributed by atoms with Gasteiger partial charge >= 0.3 is 5.97 Å². The van der Waals surface area contributed by atoms with Crippen LogP contribution in [0.4, 0.5) is 5.69 Å². The number of methoxy groups -OCH3 is 1. The molecule has 0 N–H and O–H groups in total. The molecule has 144 valence electrons. The lowest BCUT2D eigenvalue weighted by molar-refractivity contribution is 0.0600. The maximum atomic E-state index is 12.6. The second-order valence-electron chi connectivity index (χ2n) is 6.47. The van der Waals surface area contributed by atoms with Crippen molar-refractivity contribution in [2.24, 2.45) is 0 Å².